The van der Waals surface area contributed by atoms with E-state index in [2.05, 4.69) is 6.58 Å². The summed E-state index contributed by atoms with van der Waals surface area (Å²) in [6.07, 6.45) is 0. The van der Waals surface area contributed by atoms with Crippen molar-refractivity contribution in [1.82, 2.24) is 0 Å². The van der Waals surface area contributed by atoms with Crippen molar-refractivity contribution in [3.8, 4) is 16.2 Å². The van der Waals surface area contributed by atoms with Gasteiger partial charge in [0.05, 0.1) is 17.6 Å². The average molecular weight is 260 g/mol. The van der Waals surface area contributed by atoms with Gasteiger partial charge in [-0.15, -0.1) is 11.3 Å². The summed E-state index contributed by atoms with van der Waals surface area (Å²) in [5.41, 5.74) is 1.59. The lowest BCUT2D eigenvalue weighted by atomic mass is 10.1. The molecule has 1 N–H and O–H groups in total. The van der Waals surface area contributed by atoms with Gasteiger partial charge in [-0.25, -0.2) is 4.79 Å². The Morgan fingerprint density at radius 2 is 2.00 bits per heavy atom. The van der Waals surface area contributed by atoms with Crippen molar-refractivity contribution in [3.63, 3.8) is 0 Å². The fourth-order valence-corrected chi connectivity index (χ4v) is 2.72. The number of hydrogen-bond acceptors (Lipinski definition) is 3. The molecule has 0 radical (unpaired) electrons. The number of carboxylic acids is 1. The van der Waals surface area contributed by atoms with Gasteiger partial charge in [-0.2, -0.15) is 0 Å². The normalized spacial score (nSPS) is 10.1. The molecule has 2 rings (SSSR count). The summed E-state index contributed by atoms with van der Waals surface area (Å²) < 4.78 is 5.33. The quantitative estimate of drug-likeness (QED) is 0.855. The van der Waals surface area contributed by atoms with E-state index in [1.807, 2.05) is 30.3 Å². The van der Waals surface area contributed by atoms with Crippen molar-refractivity contribution in [2.24, 2.45) is 0 Å². The molecule has 1 aromatic carbocycles. The first-order valence-corrected chi connectivity index (χ1v) is 6.16. The molecule has 0 saturated carbocycles. The van der Waals surface area contributed by atoms with Crippen molar-refractivity contribution in [1.29, 1.82) is 0 Å². The minimum absolute atomic E-state index is 0.0466. The lowest BCUT2D eigenvalue weighted by molar-refractivity contribution is -0.130. The molecule has 92 valence electrons. The molecular formula is C14H12O3S. The molecule has 0 spiro atoms. The third-order valence-electron chi connectivity index (χ3n) is 2.57. The van der Waals surface area contributed by atoms with Gasteiger partial charge in [-0.3, -0.25) is 0 Å². The largest absolute Gasteiger partial charge is 0.495 e. The topological polar surface area (TPSA) is 46.5 Å². The Hall–Kier alpha value is -2.07. The van der Waals surface area contributed by atoms with Crippen LogP contribution < -0.4 is 4.74 Å². The molecule has 4 heteroatoms. The number of aliphatic carboxylic acids is 1. The highest BCUT2D eigenvalue weighted by Gasteiger charge is 2.19. The summed E-state index contributed by atoms with van der Waals surface area (Å²) in [6, 6.07) is 9.71. The lowest BCUT2D eigenvalue weighted by Gasteiger charge is -2.06. The Bertz CT molecular complexity index is 584. The average Bonchev–Trinajstić information content (AvgIpc) is 2.82. The van der Waals surface area contributed by atoms with Crippen LogP contribution in [0.2, 0.25) is 0 Å². The predicted octanol–water partition coefficient (Wildman–Crippen LogP) is 3.52. The summed E-state index contributed by atoms with van der Waals surface area (Å²) in [7, 11) is 1.53. The molecule has 3 nitrogen and oxygen atoms in total. The van der Waals surface area contributed by atoms with E-state index < -0.39 is 5.97 Å². The van der Waals surface area contributed by atoms with E-state index in [1.54, 1.807) is 5.38 Å². The Morgan fingerprint density at radius 1 is 1.33 bits per heavy atom. The Morgan fingerprint density at radius 3 is 2.56 bits per heavy atom. The third kappa shape index (κ3) is 2.15. The molecule has 0 aliphatic rings. The Balaban J connectivity index is 2.52. The zero-order valence-electron chi connectivity index (χ0n) is 9.84. The minimum atomic E-state index is -1.04. The molecule has 1 heterocycles. The van der Waals surface area contributed by atoms with E-state index in [9.17, 15) is 4.79 Å². The summed E-state index contributed by atoms with van der Waals surface area (Å²) in [5.74, 6) is -0.468. The van der Waals surface area contributed by atoms with Gasteiger partial charge in [-0.1, -0.05) is 36.9 Å². The van der Waals surface area contributed by atoms with Gasteiger partial charge in [0.1, 0.15) is 5.75 Å². The van der Waals surface area contributed by atoms with Crippen LogP contribution in [0.3, 0.4) is 0 Å². The second kappa shape index (κ2) is 5.06. The number of rotatable bonds is 4. The molecular weight excluding hydrogens is 248 g/mol. The molecule has 0 atom stereocenters. The molecule has 0 bridgehead atoms. The summed E-state index contributed by atoms with van der Waals surface area (Å²) in [6.45, 7) is 3.57. The first-order valence-electron chi connectivity index (χ1n) is 5.28. The maximum absolute atomic E-state index is 11.0. The summed E-state index contributed by atoms with van der Waals surface area (Å²) in [5, 5.41) is 10.7. The first-order chi connectivity index (χ1) is 8.65. The number of benzene rings is 1. The maximum Gasteiger partial charge on any atom is 0.335 e. The number of methoxy groups -OCH3 is 1. The third-order valence-corrected chi connectivity index (χ3v) is 3.58. The van der Waals surface area contributed by atoms with Gasteiger partial charge in [0.15, 0.2) is 0 Å². The molecule has 0 aliphatic carbocycles. The maximum atomic E-state index is 11.0. The van der Waals surface area contributed by atoms with Crippen LogP contribution in [0, 0.1) is 0 Å². The van der Waals surface area contributed by atoms with Crippen LogP contribution in [0.25, 0.3) is 16.0 Å². The molecule has 2 aromatic rings. The number of thiophene rings is 1. The van der Waals surface area contributed by atoms with Crippen LogP contribution in [-0.2, 0) is 4.79 Å². The Labute approximate surface area is 109 Å². The van der Waals surface area contributed by atoms with E-state index in [0.29, 0.717) is 11.3 Å². The second-order valence-corrected chi connectivity index (χ2v) is 4.54. The van der Waals surface area contributed by atoms with Gasteiger partial charge in [0.2, 0.25) is 0 Å². The van der Waals surface area contributed by atoms with Crippen LogP contribution in [0.15, 0.2) is 42.3 Å². The fraction of sp³-hybridized carbons (Fsp3) is 0.0714. The van der Waals surface area contributed by atoms with Crippen molar-refractivity contribution < 1.29 is 14.6 Å². The number of carbonyl (C=O) groups is 1. The standard InChI is InChI=1S/C14H12O3S/c1-9(14(15)16)11-8-18-13(12(11)17-2)10-6-4-3-5-7-10/h3-8H,1H2,2H3,(H,15,16). The fourth-order valence-electron chi connectivity index (χ4n) is 1.66. The van der Waals surface area contributed by atoms with Gasteiger partial charge < -0.3 is 9.84 Å². The van der Waals surface area contributed by atoms with Crippen LogP contribution in [-0.4, -0.2) is 18.2 Å². The van der Waals surface area contributed by atoms with Crippen molar-refractivity contribution in [2.45, 2.75) is 0 Å². The molecule has 0 fully saturated rings. The zero-order chi connectivity index (χ0) is 13.1. The van der Waals surface area contributed by atoms with E-state index >= 15 is 0 Å². The first kappa shape index (κ1) is 12.4. The van der Waals surface area contributed by atoms with Crippen LogP contribution in [0.1, 0.15) is 5.56 Å². The molecule has 18 heavy (non-hydrogen) atoms. The highest BCUT2D eigenvalue weighted by Crippen LogP contribution is 2.41. The van der Waals surface area contributed by atoms with Gasteiger partial charge >= 0.3 is 5.97 Å². The van der Waals surface area contributed by atoms with Crippen LogP contribution in [0.5, 0.6) is 5.75 Å². The lowest BCUT2D eigenvalue weighted by Crippen LogP contribution is -1.98. The second-order valence-electron chi connectivity index (χ2n) is 3.66. The Kier molecular flexibility index (Phi) is 3.48. The molecule has 0 unspecified atom stereocenters. The molecule has 0 saturated heterocycles. The molecule has 0 aliphatic heterocycles. The highest BCUT2D eigenvalue weighted by atomic mass is 32.1. The van der Waals surface area contributed by atoms with E-state index in [-0.39, 0.29) is 5.57 Å². The summed E-state index contributed by atoms with van der Waals surface area (Å²) in [4.78, 5) is 11.9. The minimum Gasteiger partial charge on any atom is -0.495 e. The van der Waals surface area contributed by atoms with Gasteiger partial charge in [0, 0.05) is 10.9 Å². The number of hydrogen-bond donors (Lipinski definition) is 1. The number of ether oxygens (including phenoxy) is 1. The predicted molar refractivity (Wildman–Crippen MR) is 73.0 cm³/mol. The van der Waals surface area contributed by atoms with Crippen LogP contribution in [0.4, 0.5) is 0 Å². The highest BCUT2D eigenvalue weighted by molar-refractivity contribution is 7.14. The van der Waals surface area contributed by atoms with E-state index in [4.69, 9.17) is 9.84 Å². The zero-order valence-corrected chi connectivity index (χ0v) is 10.7. The van der Waals surface area contributed by atoms with Crippen LogP contribution >= 0.6 is 11.3 Å². The molecule has 0 amide bonds. The van der Waals surface area contributed by atoms with E-state index in [0.717, 1.165) is 10.4 Å². The van der Waals surface area contributed by atoms with Crippen molar-refractivity contribution in [3.05, 3.63) is 47.9 Å². The summed E-state index contributed by atoms with van der Waals surface area (Å²) >= 11 is 1.45. The smallest absolute Gasteiger partial charge is 0.335 e. The monoisotopic (exact) mass is 260 g/mol. The number of carboxylic acid groups (broad SMARTS) is 1. The molecule has 1 aromatic heterocycles. The SMILES string of the molecule is C=C(C(=O)O)c1csc(-c2ccccc2)c1OC. The van der Waals surface area contributed by atoms with Gasteiger partial charge in [-0.05, 0) is 5.56 Å². The van der Waals surface area contributed by atoms with Crippen molar-refractivity contribution >= 4 is 22.9 Å². The van der Waals surface area contributed by atoms with Crippen molar-refractivity contribution in [2.75, 3.05) is 7.11 Å². The van der Waals surface area contributed by atoms with Gasteiger partial charge in [0.25, 0.3) is 0 Å². The van der Waals surface area contributed by atoms with E-state index in [1.165, 1.54) is 18.4 Å².